The summed E-state index contributed by atoms with van der Waals surface area (Å²) in [5, 5.41) is 3.26. The maximum Gasteiger partial charge on any atom is 0.0947 e. The lowest BCUT2D eigenvalue weighted by Crippen LogP contribution is -2.12. The van der Waals surface area contributed by atoms with Gasteiger partial charge in [0.2, 0.25) is 0 Å². The third-order valence-electron chi connectivity index (χ3n) is 1.78. The third-order valence-corrected chi connectivity index (χ3v) is 1.78. The van der Waals surface area contributed by atoms with Gasteiger partial charge in [-0.25, -0.2) is 4.98 Å². The van der Waals surface area contributed by atoms with Crippen molar-refractivity contribution in [1.82, 2.24) is 15.3 Å². The van der Waals surface area contributed by atoms with E-state index in [2.05, 4.69) is 15.3 Å². The molecule has 0 unspecified atom stereocenters. The minimum absolute atomic E-state index is 0.797. The molecule has 0 atom stereocenters. The lowest BCUT2D eigenvalue weighted by Gasteiger charge is -1.99. The fourth-order valence-electron chi connectivity index (χ4n) is 1.12. The molecular weight excluding hydrogens is 166 g/mol. The van der Waals surface area contributed by atoms with Gasteiger partial charge in [0.05, 0.1) is 18.9 Å². The van der Waals surface area contributed by atoms with E-state index < -0.39 is 0 Å². The molecule has 2 rings (SSSR count). The summed E-state index contributed by atoms with van der Waals surface area (Å²) in [5.41, 5.74) is 2.24. The maximum absolute atomic E-state index is 4.94. The zero-order chi connectivity index (χ0) is 8.93. The van der Waals surface area contributed by atoms with E-state index in [0.29, 0.717) is 0 Å². The minimum Gasteiger partial charge on any atom is -0.472 e. The number of furan rings is 1. The molecule has 2 aromatic heterocycles. The zero-order valence-electron chi connectivity index (χ0n) is 7.16. The van der Waals surface area contributed by atoms with Gasteiger partial charge in [-0.15, -0.1) is 0 Å². The monoisotopic (exact) mass is 177 g/mol. The summed E-state index contributed by atoms with van der Waals surface area (Å²) in [6, 6.07) is 1.94. The fraction of sp³-hybridized carbons (Fsp3) is 0.222. The van der Waals surface area contributed by atoms with Crippen LogP contribution in [0.3, 0.4) is 0 Å². The average molecular weight is 177 g/mol. The highest BCUT2D eigenvalue weighted by Crippen LogP contribution is 1.99. The second-order valence-electron chi connectivity index (χ2n) is 2.81. The number of imidazole rings is 1. The van der Waals surface area contributed by atoms with E-state index in [1.807, 2.05) is 12.3 Å². The van der Waals surface area contributed by atoms with Crippen molar-refractivity contribution in [2.45, 2.75) is 13.1 Å². The first-order chi connectivity index (χ1) is 6.45. The number of aromatic amines is 1. The Hall–Kier alpha value is -1.55. The summed E-state index contributed by atoms with van der Waals surface area (Å²) >= 11 is 0. The van der Waals surface area contributed by atoms with Crippen LogP contribution in [0.15, 0.2) is 35.5 Å². The molecule has 0 saturated heterocycles. The quantitative estimate of drug-likeness (QED) is 0.740. The van der Waals surface area contributed by atoms with Crippen molar-refractivity contribution in [2.75, 3.05) is 0 Å². The topological polar surface area (TPSA) is 53.9 Å². The molecule has 2 N–H and O–H groups in total. The lowest BCUT2D eigenvalue weighted by atomic mass is 10.3. The van der Waals surface area contributed by atoms with E-state index in [1.54, 1.807) is 18.9 Å². The van der Waals surface area contributed by atoms with E-state index in [4.69, 9.17) is 4.42 Å². The Morgan fingerprint density at radius 3 is 3.15 bits per heavy atom. The molecule has 0 aliphatic rings. The molecule has 0 radical (unpaired) electrons. The van der Waals surface area contributed by atoms with Crippen molar-refractivity contribution >= 4 is 0 Å². The maximum atomic E-state index is 4.94. The third kappa shape index (κ3) is 2.19. The highest BCUT2D eigenvalue weighted by Gasteiger charge is 1.95. The molecule has 4 heteroatoms. The van der Waals surface area contributed by atoms with Crippen LogP contribution in [0.5, 0.6) is 0 Å². The molecule has 4 nitrogen and oxygen atoms in total. The Morgan fingerprint density at radius 2 is 2.46 bits per heavy atom. The highest BCUT2D eigenvalue weighted by atomic mass is 16.3. The van der Waals surface area contributed by atoms with E-state index >= 15 is 0 Å². The smallest absolute Gasteiger partial charge is 0.0947 e. The molecule has 0 saturated carbocycles. The number of H-pyrrole nitrogens is 1. The molecule has 68 valence electrons. The van der Waals surface area contributed by atoms with Crippen LogP contribution in [-0.2, 0) is 13.1 Å². The molecule has 0 aromatic carbocycles. The van der Waals surface area contributed by atoms with Crippen LogP contribution in [0.2, 0.25) is 0 Å². The van der Waals surface area contributed by atoms with Crippen molar-refractivity contribution in [3.05, 3.63) is 42.4 Å². The van der Waals surface area contributed by atoms with Crippen molar-refractivity contribution < 1.29 is 4.42 Å². The minimum atomic E-state index is 0.797. The van der Waals surface area contributed by atoms with Gasteiger partial charge in [-0.3, -0.25) is 0 Å². The molecule has 13 heavy (non-hydrogen) atoms. The van der Waals surface area contributed by atoms with Crippen LogP contribution < -0.4 is 5.32 Å². The predicted molar refractivity (Wildman–Crippen MR) is 47.8 cm³/mol. The van der Waals surface area contributed by atoms with Gasteiger partial charge in [0.25, 0.3) is 0 Å². The van der Waals surface area contributed by atoms with Crippen molar-refractivity contribution in [3.63, 3.8) is 0 Å². The van der Waals surface area contributed by atoms with Gasteiger partial charge >= 0.3 is 0 Å². The Kier molecular flexibility index (Phi) is 2.43. The van der Waals surface area contributed by atoms with Gasteiger partial charge in [-0.1, -0.05) is 0 Å². The van der Waals surface area contributed by atoms with Crippen LogP contribution in [0.25, 0.3) is 0 Å². The first kappa shape index (κ1) is 8.07. The summed E-state index contributed by atoms with van der Waals surface area (Å²) in [5.74, 6) is 0. The van der Waals surface area contributed by atoms with Gasteiger partial charge < -0.3 is 14.7 Å². The molecule has 0 aliphatic heterocycles. The van der Waals surface area contributed by atoms with Gasteiger partial charge in [0.15, 0.2) is 0 Å². The summed E-state index contributed by atoms with van der Waals surface area (Å²) in [7, 11) is 0. The highest BCUT2D eigenvalue weighted by molar-refractivity contribution is 5.05. The number of rotatable bonds is 4. The Labute approximate surface area is 76.0 Å². The van der Waals surface area contributed by atoms with E-state index in [9.17, 15) is 0 Å². The number of hydrogen-bond acceptors (Lipinski definition) is 3. The van der Waals surface area contributed by atoms with Gasteiger partial charge in [0.1, 0.15) is 0 Å². The standard InChI is InChI=1S/C9H11N3O/c1-2-13-6-8(1)3-10-4-9-5-11-7-12-9/h1-2,5-7,10H,3-4H2,(H,11,12). The van der Waals surface area contributed by atoms with E-state index in [-0.39, 0.29) is 0 Å². The molecular formula is C9H11N3O. The van der Waals surface area contributed by atoms with Crippen molar-refractivity contribution in [3.8, 4) is 0 Å². The second kappa shape index (κ2) is 3.91. The Balaban J connectivity index is 1.76. The first-order valence-electron chi connectivity index (χ1n) is 4.14. The van der Waals surface area contributed by atoms with Gasteiger partial charge in [-0.2, -0.15) is 0 Å². The molecule has 0 fully saturated rings. The zero-order valence-corrected chi connectivity index (χ0v) is 7.16. The van der Waals surface area contributed by atoms with Gasteiger partial charge in [-0.05, 0) is 6.07 Å². The van der Waals surface area contributed by atoms with Crippen molar-refractivity contribution in [1.29, 1.82) is 0 Å². The number of hydrogen-bond donors (Lipinski definition) is 2. The summed E-state index contributed by atoms with van der Waals surface area (Å²) < 4.78 is 4.94. The summed E-state index contributed by atoms with van der Waals surface area (Å²) in [6.07, 6.45) is 6.89. The van der Waals surface area contributed by atoms with E-state index in [0.717, 1.165) is 24.3 Å². The fourth-order valence-corrected chi connectivity index (χ4v) is 1.12. The van der Waals surface area contributed by atoms with Crippen molar-refractivity contribution in [2.24, 2.45) is 0 Å². The second-order valence-corrected chi connectivity index (χ2v) is 2.81. The molecule has 0 bridgehead atoms. The molecule has 0 spiro atoms. The average Bonchev–Trinajstić information content (AvgIpc) is 2.75. The molecule has 0 amide bonds. The SMILES string of the molecule is c1ncc(CNCc2ccoc2)[nH]1. The van der Waals surface area contributed by atoms with Crippen LogP contribution >= 0.6 is 0 Å². The van der Waals surface area contributed by atoms with E-state index in [1.165, 1.54) is 0 Å². The van der Waals surface area contributed by atoms with Crippen LogP contribution in [0.1, 0.15) is 11.3 Å². The van der Waals surface area contributed by atoms with Gasteiger partial charge in [0, 0.05) is 30.5 Å². The first-order valence-corrected chi connectivity index (χ1v) is 4.14. The molecule has 0 aliphatic carbocycles. The Bertz CT molecular complexity index is 291. The van der Waals surface area contributed by atoms with Crippen LogP contribution in [0, 0.1) is 0 Å². The predicted octanol–water partition coefficient (Wildman–Crippen LogP) is 1.29. The van der Waals surface area contributed by atoms with Crippen LogP contribution in [0.4, 0.5) is 0 Å². The molecule has 2 heterocycles. The molecule has 2 aromatic rings. The number of aromatic nitrogens is 2. The lowest BCUT2D eigenvalue weighted by molar-refractivity contribution is 0.560. The Morgan fingerprint density at radius 1 is 1.46 bits per heavy atom. The summed E-state index contributed by atoms with van der Waals surface area (Å²) in [4.78, 5) is 6.94. The largest absolute Gasteiger partial charge is 0.472 e. The number of nitrogens with one attached hydrogen (secondary N) is 2. The summed E-state index contributed by atoms with van der Waals surface area (Å²) in [6.45, 7) is 1.61. The van der Waals surface area contributed by atoms with Crippen LogP contribution in [-0.4, -0.2) is 9.97 Å². The number of nitrogens with zero attached hydrogens (tertiary/aromatic N) is 1. The normalized spacial score (nSPS) is 10.5.